The smallest absolute Gasteiger partial charge is 0.395 e. The van der Waals surface area contributed by atoms with Gasteiger partial charge in [-0.1, -0.05) is 64.4 Å². The largest absolute Gasteiger partial charge is 0.586 e. The van der Waals surface area contributed by atoms with Crippen LogP contribution in [0.5, 0.6) is 11.5 Å². The van der Waals surface area contributed by atoms with Crippen LogP contribution in [-0.4, -0.2) is 91.7 Å². The van der Waals surface area contributed by atoms with E-state index in [0.29, 0.717) is 6.42 Å². The van der Waals surface area contributed by atoms with Crippen molar-refractivity contribution in [3.63, 3.8) is 0 Å². The van der Waals surface area contributed by atoms with Gasteiger partial charge in [0.05, 0.1) is 23.6 Å². The molecule has 3 rings (SSSR count). The average molecular weight is 655 g/mol. The van der Waals surface area contributed by atoms with Crippen molar-refractivity contribution in [2.24, 2.45) is 11.8 Å². The molecule has 0 saturated carbocycles. The topological polar surface area (TPSA) is 129 Å². The molecule has 2 N–H and O–H groups in total. The Balaban J connectivity index is 2.01. The number of sulfonamides is 1. The Kier molecular flexibility index (Phi) is 12.3. The number of alkyl halides is 2. The van der Waals surface area contributed by atoms with E-state index in [1.807, 2.05) is 32.0 Å². The fraction of sp³-hybridized carbons (Fsp3) is 0.548. The van der Waals surface area contributed by atoms with Gasteiger partial charge in [0.2, 0.25) is 15.9 Å². The van der Waals surface area contributed by atoms with Crippen LogP contribution in [0, 0.1) is 11.8 Å². The zero-order chi connectivity index (χ0) is 33.5. The number of rotatable bonds is 15. The number of carbonyl (C=O) groups is 2. The molecule has 2 amide bonds. The molecule has 0 fully saturated rings. The molecule has 11 nitrogen and oxygen atoms in total. The van der Waals surface area contributed by atoms with Crippen LogP contribution in [0.3, 0.4) is 0 Å². The predicted octanol–water partition coefficient (Wildman–Crippen LogP) is 3.48. The van der Waals surface area contributed by atoms with Crippen LogP contribution in [-0.2, 0) is 26.0 Å². The van der Waals surface area contributed by atoms with Gasteiger partial charge < -0.3 is 19.5 Å². The Labute approximate surface area is 264 Å². The summed E-state index contributed by atoms with van der Waals surface area (Å²) in [7, 11) is -0.966. The Morgan fingerprint density at radius 1 is 1.00 bits per heavy atom. The molecule has 45 heavy (non-hydrogen) atoms. The number of aliphatic hydroxyl groups is 1. The van der Waals surface area contributed by atoms with E-state index in [4.69, 9.17) is 0 Å². The zero-order valence-electron chi connectivity index (χ0n) is 26.6. The third kappa shape index (κ3) is 10.1. The molecule has 2 aromatic rings. The highest BCUT2D eigenvalue weighted by Gasteiger charge is 2.44. The second-order valence-electron chi connectivity index (χ2n) is 12.1. The van der Waals surface area contributed by atoms with Crippen molar-refractivity contribution >= 4 is 21.8 Å². The maximum absolute atomic E-state index is 13.9. The van der Waals surface area contributed by atoms with Crippen molar-refractivity contribution in [2.75, 3.05) is 33.7 Å². The van der Waals surface area contributed by atoms with E-state index in [1.165, 1.54) is 0 Å². The van der Waals surface area contributed by atoms with Crippen LogP contribution in [0.15, 0.2) is 53.4 Å². The van der Waals surface area contributed by atoms with Crippen LogP contribution in [0.4, 0.5) is 8.78 Å². The van der Waals surface area contributed by atoms with Crippen LogP contribution in [0.25, 0.3) is 0 Å². The van der Waals surface area contributed by atoms with E-state index in [-0.39, 0.29) is 48.4 Å². The van der Waals surface area contributed by atoms with Crippen molar-refractivity contribution in [2.45, 2.75) is 70.3 Å². The van der Waals surface area contributed by atoms with Gasteiger partial charge in [0.25, 0.3) is 5.91 Å². The molecule has 2 aromatic carbocycles. The number of halogens is 2. The van der Waals surface area contributed by atoms with Gasteiger partial charge in [-0.3, -0.25) is 15.0 Å². The first-order valence-electron chi connectivity index (χ1n) is 14.9. The summed E-state index contributed by atoms with van der Waals surface area (Å²) in [5.41, 5.74) is 3.42. The number of hydrogen-bond acceptors (Lipinski definition) is 8. The van der Waals surface area contributed by atoms with Crippen molar-refractivity contribution in [3.05, 3.63) is 54.1 Å². The Hall–Kier alpha value is -3.33. The number of nitrogens with one attached hydrogen (secondary N) is 1. The molecule has 0 bridgehead atoms. The third-order valence-electron chi connectivity index (χ3n) is 7.23. The van der Waals surface area contributed by atoms with E-state index >= 15 is 0 Å². The minimum Gasteiger partial charge on any atom is -0.395 e. The average Bonchev–Trinajstić information content (AvgIpc) is 3.27. The molecule has 0 spiro atoms. The number of amides is 2. The molecule has 1 aliphatic heterocycles. The number of fused-ring (bicyclic) bond motifs is 1. The lowest BCUT2D eigenvalue weighted by atomic mass is 9.98. The number of benzene rings is 2. The SMILES string of the molecule is CC[C@H](C)CC(=O)N(NC(=O)CN(C)C)C(Cc1ccccc1)[C@H](O)CN(CC(C)C)S(=O)(=O)c1ccc2c(c1)OC(F)(F)O2. The Morgan fingerprint density at radius 2 is 1.64 bits per heavy atom. The summed E-state index contributed by atoms with van der Waals surface area (Å²) >= 11 is 0. The molecular formula is C31H44F2N4O7S. The van der Waals surface area contributed by atoms with E-state index in [1.54, 1.807) is 45.0 Å². The van der Waals surface area contributed by atoms with E-state index in [9.17, 15) is 31.9 Å². The highest BCUT2D eigenvalue weighted by molar-refractivity contribution is 7.89. The number of carbonyl (C=O) groups excluding carboxylic acids is 2. The van der Waals surface area contributed by atoms with E-state index in [0.717, 1.165) is 33.1 Å². The minimum absolute atomic E-state index is 0.0172. The predicted molar refractivity (Wildman–Crippen MR) is 164 cm³/mol. The molecule has 0 radical (unpaired) electrons. The highest BCUT2D eigenvalue weighted by atomic mass is 32.2. The summed E-state index contributed by atoms with van der Waals surface area (Å²) in [6, 6.07) is 11.1. The van der Waals surface area contributed by atoms with Gasteiger partial charge in [-0.15, -0.1) is 8.78 Å². The van der Waals surface area contributed by atoms with Crippen LogP contribution in [0.2, 0.25) is 0 Å². The monoisotopic (exact) mass is 654 g/mol. The van der Waals surface area contributed by atoms with Crippen LogP contribution < -0.4 is 14.9 Å². The molecule has 1 aliphatic rings. The second-order valence-corrected chi connectivity index (χ2v) is 14.0. The number of aliphatic hydroxyl groups excluding tert-OH is 1. The zero-order valence-corrected chi connectivity index (χ0v) is 27.4. The molecule has 0 saturated heterocycles. The lowest BCUT2D eigenvalue weighted by Crippen LogP contribution is -2.60. The van der Waals surface area contributed by atoms with Crippen molar-refractivity contribution < 1.29 is 41.4 Å². The maximum atomic E-state index is 13.9. The van der Waals surface area contributed by atoms with Gasteiger partial charge in [0.1, 0.15) is 0 Å². The van der Waals surface area contributed by atoms with Crippen molar-refractivity contribution in [3.8, 4) is 11.5 Å². The number of ether oxygens (including phenoxy) is 2. The summed E-state index contributed by atoms with van der Waals surface area (Å²) in [6.45, 7) is 6.90. The number of nitrogens with zero attached hydrogens (tertiary/aromatic N) is 3. The summed E-state index contributed by atoms with van der Waals surface area (Å²) in [4.78, 5) is 27.9. The van der Waals surface area contributed by atoms with Gasteiger partial charge in [-0.2, -0.15) is 4.31 Å². The van der Waals surface area contributed by atoms with Gasteiger partial charge in [0.15, 0.2) is 11.5 Å². The summed E-state index contributed by atoms with van der Waals surface area (Å²) < 4.78 is 65.0. The normalized spacial score (nSPS) is 16.1. The minimum atomic E-state index is -4.37. The lowest BCUT2D eigenvalue weighted by Gasteiger charge is -2.37. The van der Waals surface area contributed by atoms with Gasteiger partial charge in [-0.25, -0.2) is 13.4 Å². The van der Waals surface area contributed by atoms with Crippen LogP contribution in [0.1, 0.15) is 46.1 Å². The van der Waals surface area contributed by atoms with E-state index < -0.39 is 52.6 Å². The van der Waals surface area contributed by atoms with Crippen molar-refractivity contribution in [1.82, 2.24) is 19.6 Å². The second kappa shape index (κ2) is 15.3. The number of hydrogen-bond donors (Lipinski definition) is 2. The molecule has 250 valence electrons. The van der Waals surface area contributed by atoms with Gasteiger partial charge in [0, 0.05) is 25.6 Å². The fourth-order valence-corrected chi connectivity index (χ4v) is 6.47. The van der Waals surface area contributed by atoms with Gasteiger partial charge >= 0.3 is 6.29 Å². The van der Waals surface area contributed by atoms with Crippen molar-refractivity contribution in [1.29, 1.82) is 0 Å². The molecule has 3 atom stereocenters. The third-order valence-corrected chi connectivity index (χ3v) is 9.05. The molecule has 1 heterocycles. The van der Waals surface area contributed by atoms with E-state index in [2.05, 4.69) is 14.9 Å². The van der Waals surface area contributed by atoms with Gasteiger partial charge in [-0.05, 0) is 50.0 Å². The highest BCUT2D eigenvalue weighted by Crippen LogP contribution is 2.42. The molecular weight excluding hydrogens is 610 g/mol. The first-order chi connectivity index (χ1) is 21.0. The van der Waals surface area contributed by atoms with Crippen LogP contribution >= 0.6 is 0 Å². The maximum Gasteiger partial charge on any atom is 0.586 e. The number of hydrazine groups is 1. The first kappa shape index (κ1) is 36.1. The Bertz CT molecular complexity index is 1410. The standard InChI is InChI=1S/C31H44F2N4O7S/c1-7-22(4)15-30(40)37(34-29(39)20-35(5)6)25(16-23-11-9-8-10-12-23)26(38)19-36(18-21(2)3)45(41,42)24-13-14-27-28(17-24)44-31(32,33)43-27/h8-14,17,21-22,25-26,38H,7,15-16,18-20H2,1-6H3,(H,34,39)/t22-,25?,26+/m0/s1. The molecule has 0 aliphatic carbocycles. The fourth-order valence-electron chi connectivity index (χ4n) is 4.83. The summed E-state index contributed by atoms with van der Waals surface area (Å²) in [6.07, 6.45) is -4.50. The Morgan fingerprint density at radius 3 is 2.24 bits per heavy atom. The molecule has 14 heteroatoms. The molecule has 1 unspecified atom stereocenters. The lowest BCUT2D eigenvalue weighted by molar-refractivity contribution is -0.286. The summed E-state index contributed by atoms with van der Waals surface area (Å²) in [5.74, 6) is -1.85. The molecule has 0 aromatic heterocycles. The quantitative estimate of drug-likeness (QED) is 0.280. The first-order valence-corrected chi connectivity index (χ1v) is 16.3. The summed E-state index contributed by atoms with van der Waals surface area (Å²) in [5, 5.41) is 12.9. The number of likely N-dealkylation sites (N-methyl/N-ethyl adjacent to an activating group) is 1.